The number of hydrogen-bond donors (Lipinski definition) is 3. The summed E-state index contributed by atoms with van der Waals surface area (Å²) in [4.78, 5) is 8.82. The molecule has 10 heteroatoms. The molecule has 3 N–H and O–H groups in total. The van der Waals surface area contributed by atoms with Crippen molar-refractivity contribution in [2.75, 3.05) is 13.1 Å². The minimum atomic E-state index is -2.65. The third-order valence-electron chi connectivity index (χ3n) is 3.07. The number of aromatic nitrogens is 2. The van der Waals surface area contributed by atoms with Gasteiger partial charge in [-0.05, 0) is 19.1 Å². The molecule has 6 nitrogen and oxygen atoms in total. The lowest BCUT2D eigenvalue weighted by Crippen LogP contribution is -2.39. The van der Waals surface area contributed by atoms with Gasteiger partial charge in [-0.1, -0.05) is 11.6 Å². The van der Waals surface area contributed by atoms with Crippen LogP contribution in [0.2, 0.25) is 4.34 Å². The third-order valence-corrected chi connectivity index (χ3v) is 4.40. The van der Waals surface area contributed by atoms with E-state index in [1.54, 1.807) is 12.1 Å². The maximum Gasteiger partial charge on any atom is 0.319 e. The Labute approximate surface area is 147 Å². The summed E-state index contributed by atoms with van der Waals surface area (Å²) in [5, 5.41) is 16.1. The summed E-state index contributed by atoms with van der Waals surface area (Å²) in [5.74, 6) is 0.566. The second-order valence-electron chi connectivity index (χ2n) is 4.76. The van der Waals surface area contributed by atoms with Crippen molar-refractivity contribution in [1.29, 1.82) is 0 Å². The summed E-state index contributed by atoms with van der Waals surface area (Å²) >= 11 is 7.14. The molecule has 0 aliphatic carbocycles. The van der Waals surface area contributed by atoms with Crippen LogP contribution in [0.4, 0.5) is 8.78 Å². The summed E-state index contributed by atoms with van der Waals surface area (Å²) < 4.78 is 26.9. The van der Waals surface area contributed by atoms with Gasteiger partial charge in [-0.2, -0.15) is 8.78 Å². The van der Waals surface area contributed by atoms with Crippen molar-refractivity contribution >= 4 is 28.9 Å². The molecule has 0 aliphatic rings. The Hall–Kier alpha value is -1.71. The van der Waals surface area contributed by atoms with E-state index in [0.717, 1.165) is 9.44 Å². The van der Waals surface area contributed by atoms with Gasteiger partial charge < -0.3 is 15.7 Å². The summed E-state index contributed by atoms with van der Waals surface area (Å²) in [6.45, 7) is 0.0289. The smallest absolute Gasteiger partial charge is 0.319 e. The highest BCUT2D eigenvalue weighted by Crippen LogP contribution is 2.26. The molecule has 132 valence electrons. The van der Waals surface area contributed by atoms with Crippen LogP contribution in [0.15, 0.2) is 29.5 Å². The number of guanidine groups is 1. The number of imidazole rings is 1. The SMILES string of the molecule is CCNC(=NCc1nccn1C(F)F)NCC(O)c1ccc(Cl)s1. The van der Waals surface area contributed by atoms with Gasteiger partial charge in [0.05, 0.1) is 4.34 Å². The van der Waals surface area contributed by atoms with Crippen LogP contribution >= 0.6 is 22.9 Å². The van der Waals surface area contributed by atoms with E-state index in [2.05, 4.69) is 20.6 Å². The number of alkyl halides is 2. The first-order valence-electron chi connectivity index (χ1n) is 7.26. The maximum absolute atomic E-state index is 12.8. The molecular weight excluding hydrogens is 360 g/mol. The minimum absolute atomic E-state index is 0.00635. The van der Waals surface area contributed by atoms with Crippen LogP contribution in [0, 0.1) is 0 Å². The minimum Gasteiger partial charge on any atom is -0.386 e. The lowest BCUT2D eigenvalue weighted by molar-refractivity contribution is 0.0671. The number of rotatable bonds is 7. The van der Waals surface area contributed by atoms with Crippen molar-refractivity contribution in [1.82, 2.24) is 20.2 Å². The first-order chi connectivity index (χ1) is 11.5. The van der Waals surface area contributed by atoms with Crippen LogP contribution in [0.25, 0.3) is 0 Å². The lowest BCUT2D eigenvalue weighted by Gasteiger charge is -2.14. The van der Waals surface area contributed by atoms with E-state index < -0.39 is 12.7 Å². The number of thiophene rings is 1. The molecule has 1 atom stereocenters. The Bertz CT molecular complexity index is 676. The van der Waals surface area contributed by atoms with Crippen LogP contribution in [-0.2, 0) is 6.54 Å². The average Bonchev–Trinajstić information content (AvgIpc) is 3.18. The molecule has 0 fully saturated rings. The second kappa shape index (κ2) is 8.95. The monoisotopic (exact) mass is 377 g/mol. The van der Waals surface area contributed by atoms with E-state index in [0.29, 0.717) is 16.8 Å². The number of halogens is 3. The van der Waals surface area contributed by atoms with Crippen LogP contribution in [0.3, 0.4) is 0 Å². The molecule has 2 aromatic heterocycles. The molecule has 0 spiro atoms. The van der Waals surface area contributed by atoms with Gasteiger partial charge in [-0.15, -0.1) is 11.3 Å². The molecule has 2 rings (SSSR count). The topological polar surface area (TPSA) is 74.5 Å². The van der Waals surface area contributed by atoms with E-state index in [9.17, 15) is 13.9 Å². The molecule has 0 aliphatic heterocycles. The fourth-order valence-electron chi connectivity index (χ4n) is 1.94. The van der Waals surface area contributed by atoms with Gasteiger partial charge in [0.2, 0.25) is 0 Å². The molecule has 2 heterocycles. The largest absolute Gasteiger partial charge is 0.386 e. The van der Waals surface area contributed by atoms with Gasteiger partial charge in [-0.25, -0.2) is 9.98 Å². The molecule has 0 saturated carbocycles. The number of nitrogens with zero attached hydrogens (tertiary/aromatic N) is 3. The number of aliphatic imine (C=N–C) groups is 1. The molecule has 0 saturated heterocycles. The first kappa shape index (κ1) is 18.6. The first-order valence-corrected chi connectivity index (χ1v) is 8.46. The average molecular weight is 378 g/mol. The Morgan fingerprint density at radius 3 is 2.88 bits per heavy atom. The van der Waals surface area contributed by atoms with Crippen LogP contribution in [-0.4, -0.2) is 33.7 Å². The highest BCUT2D eigenvalue weighted by atomic mass is 35.5. The molecule has 0 radical (unpaired) electrons. The summed E-state index contributed by atoms with van der Waals surface area (Å²) in [5.41, 5.74) is 0. The molecule has 0 aromatic carbocycles. The van der Waals surface area contributed by atoms with Crippen LogP contribution in [0.1, 0.15) is 30.3 Å². The van der Waals surface area contributed by atoms with Crippen molar-refractivity contribution in [2.45, 2.75) is 26.1 Å². The van der Waals surface area contributed by atoms with Crippen molar-refractivity contribution in [3.8, 4) is 0 Å². The third kappa shape index (κ3) is 5.15. The van der Waals surface area contributed by atoms with Gasteiger partial charge >= 0.3 is 6.55 Å². The summed E-state index contributed by atoms with van der Waals surface area (Å²) in [6, 6.07) is 3.47. The Morgan fingerprint density at radius 1 is 1.46 bits per heavy atom. The van der Waals surface area contributed by atoms with Gasteiger partial charge in [0.15, 0.2) is 5.96 Å². The van der Waals surface area contributed by atoms with E-state index in [1.165, 1.54) is 23.7 Å². The zero-order chi connectivity index (χ0) is 17.5. The Morgan fingerprint density at radius 2 is 2.25 bits per heavy atom. The maximum atomic E-state index is 12.8. The Kier molecular flexibility index (Phi) is 6.95. The molecular formula is C14H18ClF2N5OS. The second-order valence-corrected chi connectivity index (χ2v) is 6.51. The summed E-state index contributed by atoms with van der Waals surface area (Å²) in [6.07, 6.45) is 1.77. The van der Waals surface area contributed by atoms with Crippen molar-refractivity contribution in [3.63, 3.8) is 0 Å². The van der Waals surface area contributed by atoms with E-state index in [1.807, 2.05) is 6.92 Å². The summed E-state index contributed by atoms with van der Waals surface area (Å²) in [7, 11) is 0. The zero-order valence-corrected chi connectivity index (χ0v) is 14.5. The van der Waals surface area contributed by atoms with Crippen molar-refractivity contribution in [3.05, 3.63) is 39.6 Å². The normalized spacial score (nSPS) is 13.3. The fraction of sp³-hybridized carbons (Fsp3) is 0.429. The van der Waals surface area contributed by atoms with Crippen LogP contribution < -0.4 is 10.6 Å². The van der Waals surface area contributed by atoms with E-state index >= 15 is 0 Å². The fourth-order valence-corrected chi connectivity index (χ4v) is 2.98. The number of nitrogens with one attached hydrogen (secondary N) is 2. The van der Waals surface area contributed by atoms with Gasteiger partial charge in [0, 0.05) is 30.4 Å². The highest BCUT2D eigenvalue weighted by Gasteiger charge is 2.13. The predicted molar refractivity (Wildman–Crippen MR) is 90.6 cm³/mol. The zero-order valence-electron chi connectivity index (χ0n) is 12.9. The van der Waals surface area contributed by atoms with Gasteiger partial charge in [0.25, 0.3) is 0 Å². The van der Waals surface area contributed by atoms with Gasteiger partial charge in [-0.3, -0.25) is 4.57 Å². The van der Waals surface area contributed by atoms with E-state index in [-0.39, 0.29) is 18.9 Å². The molecule has 0 bridgehead atoms. The molecule has 0 amide bonds. The molecule has 2 aromatic rings. The van der Waals surface area contributed by atoms with Crippen molar-refractivity contribution < 1.29 is 13.9 Å². The van der Waals surface area contributed by atoms with Crippen LogP contribution in [0.5, 0.6) is 0 Å². The van der Waals surface area contributed by atoms with Gasteiger partial charge in [0.1, 0.15) is 18.5 Å². The molecule has 24 heavy (non-hydrogen) atoms. The molecule has 1 unspecified atom stereocenters. The lowest BCUT2D eigenvalue weighted by atomic mass is 10.3. The Balaban J connectivity index is 1.96. The number of aliphatic hydroxyl groups excluding tert-OH is 1. The quantitative estimate of drug-likeness (QED) is 0.512. The van der Waals surface area contributed by atoms with Crippen molar-refractivity contribution in [2.24, 2.45) is 4.99 Å². The van der Waals surface area contributed by atoms with E-state index in [4.69, 9.17) is 11.6 Å². The standard InChI is InChI=1S/C14H18ClF2N5OS/c1-2-18-14(20-7-9(23)10-3-4-11(15)24-10)21-8-12-19-5-6-22(12)13(16)17/h3-6,9,13,23H,2,7-8H2,1H3,(H2,18,20,21). The number of hydrogen-bond acceptors (Lipinski definition) is 4. The highest BCUT2D eigenvalue weighted by molar-refractivity contribution is 7.16. The number of aliphatic hydroxyl groups is 1. The predicted octanol–water partition coefficient (Wildman–Crippen LogP) is 2.78.